The second kappa shape index (κ2) is 3.53. The van der Waals surface area contributed by atoms with Crippen LogP contribution >= 0.6 is 0 Å². The zero-order valence-corrected chi connectivity index (χ0v) is 6.99. The molecule has 0 aromatic heterocycles. The highest BCUT2D eigenvalue weighted by molar-refractivity contribution is 5.82. The van der Waals surface area contributed by atoms with Crippen LogP contribution in [-0.4, -0.2) is 28.0 Å². The molecule has 0 radical (unpaired) electrons. The molecule has 6 heteroatoms. The van der Waals surface area contributed by atoms with Crippen molar-refractivity contribution in [1.29, 1.82) is 5.41 Å². The van der Waals surface area contributed by atoms with Crippen LogP contribution in [0.3, 0.4) is 0 Å². The molecular formula is C7H11N3O3. The lowest BCUT2D eigenvalue weighted by molar-refractivity contribution is -0.349. The van der Waals surface area contributed by atoms with Gasteiger partial charge in [-0.25, -0.2) is 0 Å². The minimum absolute atomic E-state index is 0.383. The Morgan fingerprint density at radius 2 is 2.38 bits per heavy atom. The van der Waals surface area contributed by atoms with Gasteiger partial charge in [0.05, 0.1) is 11.7 Å². The predicted molar refractivity (Wildman–Crippen MR) is 46.0 cm³/mol. The van der Waals surface area contributed by atoms with Crippen LogP contribution in [0.5, 0.6) is 0 Å². The van der Waals surface area contributed by atoms with Gasteiger partial charge in [0.15, 0.2) is 0 Å². The van der Waals surface area contributed by atoms with E-state index in [1.54, 1.807) is 0 Å². The highest BCUT2D eigenvalue weighted by Crippen LogP contribution is 2.33. The Bertz CT molecular complexity index is 258. The van der Waals surface area contributed by atoms with E-state index >= 15 is 0 Å². The molecule has 1 saturated carbocycles. The minimum Gasteiger partial charge on any atom is -0.388 e. The first-order chi connectivity index (χ1) is 6.03. The molecule has 1 aliphatic rings. The number of nitrogens with zero attached hydrogens (tertiary/aromatic N) is 1. The van der Waals surface area contributed by atoms with E-state index in [1.165, 1.54) is 6.20 Å². The number of hydrogen-bond acceptors (Lipinski definition) is 5. The fourth-order valence-corrected chi connectivity index (χ4v) is 0.769. The Kier molecular flexibility index (Phi) is 2.62. The molecule has 3 N–H and O–H groups in total. The van der Waals surface area contributed by atoms with Crippen molar-refractivity contribution in [2.75, 3.05) is 6.54 Å². The van der Waals surface area contributed by atoms with E-state index < -0.39 is 16.4 Å². The van der Waals surface area contributed by atoms with E-state index in [1.807, 2.05) is 0 Å². The summed E-state index contributed by atoms with van der Waals surface area (Å²) in [6, 6.07) is 0. The topological polar surface area (TPSA) is 99.2 Å². The Labute approximate surface area is 74.9 Å². The summed E-state index contributed by atoms with van der Waals surface area (Å²) < 4.78 is 0. The highest BCUT2D eigenvalue weighted by Gasteiger charge is 2.39. The van der Waals surface area contributed by atoms with Gasteiger partial charge in [0.25, 0.3) is 0 Å². The lowest BCUT2D eigenvalue weighted by Gasteiger charge is -2.05. The van der Waals surface area contributed by atoms with Crippen molar-refractivity contribution in [3.8, 4) is 0 Å². The first-order valence-corrected chi connectivity index (χ1v) is 3.89. The van der Waals surface area contributed by atoms with E-state index in [0.29, 0.717) is 6.54 Å². The molecule has 1 rings (SSSR count). The van der Waals surface area contributed by atoms with Crippen LogP contribution in [0.2, 0.25) is 0 Å². The first-order valence-electron chi connectivity index (χ1n) is 3.89. The van der Waals surface area contributed by atoms with Gasteiger partial charge in [0.1, 0.15) is 0 Å². The van der Waals surface area contributed by atoms with Crippen molar-refractivity contribution in [3.63, 3.8) is 0 Å². The number of nitro groups is 1. The molecule has 1 fully saturated rings. The van der Waals surface area contributed by atoms with Crippen LogP contribution in [-0.2, 0) is 0 Å². The zero-order chi connectivity index (χ0) is 9.90. The molecule has 0 saturated heterocycles. The van der Waals surface area contributed by atoms with Crippen LogP contribution in [0.1, 0.15) is 12.8 Å². The van der Waals surface area contributed by atoms with Crippen molar-refractivity contribution in [1.82, 2.24) is 5.32 Å². The molecular weight excluding hydrogens is 174 g/mol. The maximum Gasteiger partial charge on any atom is 0.357 e. The van der Waals surface area contributed by atoms with Crippen molar-refractivity contribution in [2.45, 2.75) is 18.4 Å². The van der Waals surface area contributed by atoms with Crippen LogP contribution in [0, 0.1) is 15.5 Å². The van der Waals surface area contributed by atoms with Gasteiger partial charge in [-0.05, 0) is 17.8 Å². The quantitative estimate of drug-likeness (QED) is 0.246. The average molecular weight is 185 g/mol. The normalized spacial score (nSPS) is 18.5. The van der Waals surface area contributed by atoms with Crippen LogP contribution in [0.4, 0.5) is 0 Å². The molecule has 6 nitrogen and oxygen atoms in total. The lowest BCUT2D eigenvalue weighted by Crippen LogP contribution is -2.24. The van der Waals surface area contributed by atoms with Crippen molar-refractivity contribution in [3.05, 3.63) is 22.4 Å². The van der Waals surface area contributed by atoms with Gasteiger partial charge >= 0.3 is 5.84 Å². The van der Waals surface area contributed by atoms with E-state index in [-0.39, 0.29) is 0 Å². The SMILES string of the molecule is N=C(/C=C\NCC1(O)CC1)[N+](=O)[O-]. The monoisotopic (exact) mass is 185 g/mol. The molecule has 0 aromatic rings. The third kappa shape index (κ3) is 3.20. The fourth-order valence-electron chi connectivity index (χ4n) is 0.769. The number of amidine groups is 1. The van der Waals surface area contributed by atoms with E-state index in [4.69, 9.17) is 5.41 Å². The van der Waals surface area contributed by atoms with Crippen molar-refractivity contribution < 1.29 is 10.0 Å². The molecule has 72 valence electrons. The summed E-state index contributed by atoms with van der Waals surface area (Å²) in [6.07, 6.45) is 3.88. The standard InChI is InChI=1S/C7H11N3O3/c8-6(10(12)13)1-4-9-5-7(11)2-3-7/h1,4,8-9,11H,2-3,5H2/b4-1-,8-6?. The molecule has 1 aliphatic carbocycles. The highest BCUT2D eigenvalue weighted by atomic mass is 16.6. The smallest absolute Gasteiger partial charge is 0.357 e. The van der Waals surface area contributed by atoms with Gasteiger partial charge in [-0.15, -0.1) is 0 Å². The summed E-state index contributed by atoms with van der Waals surface area (Å²) in [5.41, 5.74) is -0.624. The minimum atomic E-state index is -0.788. The van der Waals surface area contributed by atoms with Gasteiger partial charge in [0, 0.05) is 12.7 Å². The van der Waals surface area contributed by atoms with E-state index in [9.17, 15) is 15.2 Å². The summed E-state index contributed by atoms with van der Waals surface area (Å²) in [4.78, 5) is 9.17. The molecule has 0 unspecified atom stereocenters. The average Bonchev–Trinajstić information content (AvgIpc) is 2.78. The Balaban J connectivity index is 2.18. The van der Waals surface area contributed by atoms with Crippen LogP contribution in [0.25, 0.3) is 0 Å². The molecule has 13 heavy (non-hydrogen) atoms. The fraction of sp³-hybridized carbons (Fsp3) is 0.571. The second-order valence-electron chi connectivity index (χ2n) is 3.08. The lowest BCUT2D eigenvalue weighted by atomic mass is 10.3. The van der Waals surface area contributed by atoms with E-state index in [0.717, 1.165) is 18.9 Å². The molecule has 0 bridgehead atoms. The van der Waals surface area contributed by atoms with Gasteiger partial charge in [-0.2, -0.15) is 0 Å². The summed E-state index contributed by atoms with van der Waals surface area (Å²) in [5.74, 6) is -0.671. The molecule has 0 atom stereocenters. The van der Waals surface area contributed by atoms with Gasteiger partial charge in [-0.1, -0.05) is 5.41 Å². The zero-order valence-electron chi connectivity index (χ0n) is 6.99. The summed E-state index contributed by atoms with van der Waals surface area (Å²) in [7, 11) is 0. The number of hydrogen-bond donors (Lipinski definition) is 3. The van der Waals surface area contributed by atoms with Crippen molar-refractivity contribution >= 4 is 5.84 Å². The number of rotatable bonds is 4. The van der Waals surface area contributed by atoms with Gasteiger partial charge < -0.3 is 20.5 Å². The molecule has 0 heterocycles. The predicted octanol–water partition coefficient (Wildman–Crippen LogP) is -0.131. The third-order valence-electron chi connectivity index (χ3n) is 1.81. The Morgan fingerprint density at radius 1 is 1.77 bits per heavy atom. The summed E-state index contributed by atoms with van der Waals surface area (Å²) in [6.45, 7) is 0.383. The maximum absolute atomic E-state index is 9.96. The molecule has 0 aliphatic heterocycles. The summed E-state index contributed by atoms with van der Waals surface area (Å²) in [5, 5.41) is 28.8. The Hall–Kier alpha value is -1.43. The number of nitrogens with one attached hydrogen (secondary N) is 2. The van der Waals surface area contributed by atoms with Gasteiger partial charge in [0.2, 0.25) is 0 Å². The molecule has 0 spiro atoms. The van der Waals surface area contributed by atoms with Gasteiger partial charge in [-0.3, -0.25) is 0 Å². The maximum atomic E-state index is 9.96. The molecule has 0 amide bonds. The Morgan fingerprint density at radius 3 is 2.85 bits per heavy atom. The van der Waals surface area contributed by atoms with E-state index in [2.05, 4.69) is 5.32 Å². The van der Waals surface area contributed by atoms with Crippen molar-refractivity contribution in [2.24, 2.45) is 0 Å². The first kappa shape index (κ1) is 9.66. The second-order valence-corrected chi connectivity index (χ2v) is 3.08. The molecule has 0 aromatic carbocycles. The van der Waals surface area contributed by atoms with Crippen LogP contribution in [0.15, 0.2) is 12.3 Å². The largest absolute Gasteiger partial charge is 0.388 e. The summed E-state index contributed by atoms with van der Waals surface area (Å²) >= 11 is 0. The van der Waals surface area contributed by atoms with Crippen LogP contribution < -0.4 is 5.32 Å². The third-order valence-corrected chi connectivity index (χ3v) is 1.81. The number of aliphatic hydroxyl groups is 1.